The number of thioether (sulfide) groups is 1. The smallest absolute Gasteiger partial charge is 0.340 e. The molecule has 0 saturated carbocycles. The average molecular weight is 636 g/mol. The van der Waals surface area contributed by atoms with Crippen LogP contribution in [0.5, 0.6) is 0 Å². The summed E-state index contributed by atoms with van der Waals surface area (Å²) >= 11 is 1.37. The van der Waals surface area contributed by atoms with E-state index in [4.69, 9.17) is 8.83 Å². The van der Waals surface area contributed by atoms with E-state index >= 15 is 0 Å². The van der Waals surface area contributed by atoms with Crippen LogP contribution in [0.15, 0.2) is 56.3 Å². The Labute approximate surface area is 264 Å². The van der Waals surface area contributed by atoms with Crippen LogP contribution in [0.3, 0.4) is 0 Å². The fourth-order valence-electron chi connectivity index (χ4n) is 4.99. The maximum absolute atomic E-state index is 13.0. The van der Waals surface area contributed by atoms with Gasteiger partial charge in [-0.2, -0.15) is 11.8 Å². The fraction of sp³-hybridized carbons (Fsp3) is 0.364. The molecule has 0 aliphatic heterocycles. The van der Waals surface area contributed by atoms with Crippen molar-refractivity contribution in [1.29, 1.82) is 0 Å². The number of aliphatic carboxylic acids is 1. The Kier molecular flexibility index (Phi) is 10.7. The van der Waals surface area contributed by atoms with Gasteiger partial charge in [0.2, 0.25) is 17.7 Å². The molecular formula is C33H37N3O8S. The Morgan fingerprint density at radius 2 is 1.64 bits per heavy atom. The third-order valence-electron chi connectivity index (χ3n) is 7.60. The van der Waals surface area contributed by atoms with Crippen LogP contribution in [0.2, 0.25) is 0 Å². The van der Waals surface area contributed by atoms with Crippen molar-refractivity contribution in [3.63, 3.8) is 0 Å². The molecule has 2 heterocycles. The second kappa shape index (κ2) is 14.5. The second-order valence-electron chi connectivity index (χ2n) is 11.3. The van der Waals surface area contributed by atoms with Crippen molar-refractivity contribution >= 4 is 57.4 Å². The van der Waals surface area contributed by atoms with E-state index in [0.717, 1.165) is 16.5 Å². The van der Waals surface area contributed by atoms with Crippen molar-refractivity contribution in [1.82, 2.24) is 16.0 Å². The number of carboxylic acid groups (broad SMARTS) is 1. The van der Waals surface area contributed by atoms with Crippen LogP contribution < -0.4 is 21.6 Å². The standard InChI is InChI=1S/C33H37N3O8S/c1-17(2)28(31(39)35-25(32(40)41)16-45-15-21-9-7-6-8-10-21)36-27(38)13-34-26(37)12-24-19(4)23-11-22-18(3)14-43-29(22)20(5)30(23)44-33(24)42/h6-11,14,17,25,28H,12-13,15-16H2,1-5H3,(H,34,37)(H,35,39)(H,36,38)(H,40,41). The van der Waals surface area contributed by atoms with E-state index in [1.54, 1.807) is 34.0 Å². The largest absolute Gasteiger partial charge is 0.480 e. The Morgan fingerprint density at radius 1 is 0.933 bits per heavy atom. The number of furan rings is 1. The Balaban J connectivity index is 1.35. The molecule has 4 N–H and O–H groups in total. The van der Waals surface area contributed by atoms with Crippen molar-refractivity contribution in [3.8, 4) is 0 Å². The highest BCUT2D eigenvalue weighted by Gasteiger charge is 2.29. The van der Waals surface area contributed by atoms with Gasteiger partial charge in [0.25, 0.3) is 0 Å². The first kappa shape index (κ1) is 33.3. The zero-order chi connectivity index (χ0) is 32.8. The third-order valence-corrected chi connectivity index (χ3v) is 8.70. The van der Waals surface area contributed by atoms with Gasteiger partial charge in [-0.25, -0.2) is 9.59 Å². The quantitative estimate of drug-likeness (QED) is 0.160. The molecule has 11 nitrogen and oxygen atoms in total. The minimum absolute atomic E-state index is 0.138. The molecule has 238 valence electrons. The normalized spacial score (nSPS) is 12.7. The van der Waals surface area contributed by atoms with Crippen LogP contribution in [0.4, 0.5) is 0 Å². The van der Waals surface area contributed by atoms with Gasteiger partial charge < -0.3 is 29.9 Å². The lowest BCUT2D eigenvalue weighted by atomic mass is 9.99. The predicted octanol–water partition coefficient (Wildman–Crippen LogP) is 3.77. The molecule has 4 aromatic rings. The molecule has 0 aliphatic rings. The van der Waals surface area contributed by atoms with Crippen molar-refractivity contribution < 1.29 is 33.1 Å². The van der Waals surface area contributed by atoms with Crippen LogP contribution in [0, 0.1) is 26.7 Å². The van der Waals surface area contributed by atoms with Gasteiger partial charge in [0.15, 0.2) is 0 Å². The number of carbonyl (C=O) groups is 4. The molecule has 45 heavy (non-hydrogen) atoms. The summed E-state index contributed by atoms with van der Waals surface area (Å²) in [6, 6.07) is 9.24. The first-order valence-electron chi connectivity index (χ1n) is 14.5. The Hall–Kier alpha value is -4.58. The summed E-state index contributed by atoms with van der Waals surface area (Å²) < 4.78 is 11.2. The molecule has 0 bridgehead atoms. The summed E-state index contributed by atoms with van der Waals surface area (Å²) in [5.74, 6) is -2.69. The van der Waals surface area contributed by atoms with E-state index in [0.29, 0.717) is 33.4 Å². The van der Waals surface area contributed by atoms with Gasteiger partial charge >= 0.3 is 11.6 Å². The number of hydrogen-bond acceptors (Lipinski definition) is 8. The lowest BCUT2D eigenvalue weighted by Gasteiger charge is -2.24. The number of hydrogen-bond donors (Lipinski definition) is 4. The third kappa shape index (κ3) is 7.93. The van der Waals surface area contributed by atoms with Gasteiger partial charge in [-0.3, -0.25) is 14.4 Å². The molecule has 2 aromatic heterocycles. The van der Waals surface area contributed by atoms with Gasteiger partial charge in [0.1, 0.15) is 23.2 Å². The lowest BCUT2D eigenvalue weighted by Crippen LogP contribution is -2.55. The number of fused-ring (bicyclic) bond motifs is 2. The molecule has 12 heteroatoms. The van der Waals surface area contributed by atoms with E-state index in [-0.39, 0.29) is 23.7 Å². The summed E-state index contributed by atoms with van der Waals surface area (Å²) in [5, 5.41) is 18.8. The van der Waals surface area contributed by atoms with Crippen molar-refractivity contribution in [2.75, 3.05) is 12.3 Å². The van der Waals surface area contributed by atoms with Gasteiger partial charge in [-0.15, -0.1) is 0 Å². The number of amides is 3. The highest BCUT2D eigenvalue weighted by Crippen LogP contribution is 2.32. The van der Waals surface area contributed by atoms with E-state index < -0.39 is 47.9 Å². The molecular weight excluding hydrogens is 598 g/mol. The van der Waals surface area contributed by atoms with E-state index in [1.807, 2.05) is 43.3 Å². The van der Waals surface area contributed by atoms with Gasteiger partial charge in [0, 0.05) is 27.8 Å². The number of carboxylic acids is 1. The highest BCUT2D eigenvalue weighted by molar-refractivity contribution is 7.98. The van der Waals surface area contributed by atoms with Crippen LogP contribution >= 0.6 is 11.8 Å². The molecule has 0 aliphatic carbocycles. The first-order chi connectivity index (χ1) is 21.4. The highest BCUT2D eigenvalue weighted by atomic mass is 32.2. The number of nitrogens with one attached hydrogen (secondary N) is 3. The van der Waals surface area contributed by atoms with E-state index in [1.165, 1.54) is 11.8 Å². The molecule has 0 fully saturated rings. The number of aryl methyl sites for hydroxylation is 3. The monoisotopic (exact) mass is 635 g/mol. The molecule has 0 saturated heterocycles. The van der Waals surface area contributed by atoms with Crippen molar-refractivity contribution in [2.24, 2.45) is 5.92 Å². The summed E-state index contributed by atoms with van der Waals surface area (Å²) in [6.07, 6.45) is 1.32. The van der Waals surface area contributed by atoms with Crippen LogP contribution in [0.25, 0.3) is 21.9 Å². The molecule has 0 radical (unpaired) electrons. The van der Waals surface area contributed by atoms with Crippen LogP contribution in [-0.4, -0.2) is 53.2 Å². The Morgan fingerprint density at radius 3 is 2.31 bits per heavy atom. The zero-order valence-electron chi connectivity index (χ0n) is 25.8. The van der Waals surface area contributed by atoms with Crippen molar-refractivity contribution in [2.45, 2.75) is 58.9 Å². The maximum Gasteiger partial charge on any atom is 0.340 e. The number of benzene rings is 2. The van der Waals surface area contributed by atoms with Gasteiger partial charge in [0.05, 0.1) is 24.8 Å². The fourth-order valence-corrected chi connectivity index (χ4v) is 6.00. The summed E-state index contributed by atoms with van der Waals surface area (Å²) in [5.41, 5.74) is 3.78. The number of carbonyl (C=O) groups excluding carboxylic acids is 3. The van der Waals surface area contributed by atoms with Crippen LogP contribution in [-0.2, 0) is 31.4 Å². The molecule has 3 amide bonds. The maximum atomic E-state index is 13.0. The molecule has 0 spiro atoms. The van der Waals surface area contributed by atoms with Crippen LogP contribution in [0.1, 0.15) is 41.7 Å². The molecule has 2 unspecified atom stereocenters. The SMILES string of the molecule is Cc1coc2c(C)c3oc(=O)c(CC(=O)NCC(=O)NC(C(=O)NC(CSCc4ccccc4)C(=O)O)C(C)C)c(C)c3cc12. The first-order valence-corrected chi connectivity index (χ1v) is 15.7. The average Bonchev–Trinajstić information content (AvgIpc) is 3.37. The van der Waals surface area contributed by atoms with Crippen molar-refractivity contribution in [3.05, 3.63) is 80.9 Å². The lowest BCUT2D eigenvalue weighted by molar-refractivity contribution is -0.141. The number of rotatable bonds is 13. The summed E-state index contributed by atoms with van der Waals surface area (Å²) in [6.45, 7) is 8.44. The molecule has 2 aromatic carbocycles. The second-order valence-corrected chi connectivity index (χ2v) is 12.3. The molecule has 2 atom stereocenters. The molecule has 4 rings (SSSR count). The predicted molar refractivity (Wildman–Crippen MR) is 172 cm³/mol. The van der Waals surface area contributed by atoms with Gasteiger partial charge in [-0.1, -0.05) is 44.2 Å². The zero-order valence-corrected chi connectivity index (χ0v) is 26.6. The van der Waals surface area contributed by atoms with E-state index in [9.17, 15) is 29.1 Å². The topological polar surface area (TPSA) is 168 Å². The van der Waals surface area contributed by atoms with E-state index in [2.05, 4.69) is 16.0 Å². The minimum atomic E-state index is -1.18. The van der Waals surface area contributed by atoms with Gasteiger partial charge in [-0.05, 0) is 49.4 Å². The minimum Gasteiger partial charge on any atom is -0.480 e. The Bertz CT molecular complexity index is 1790. The summed E-state index contributed by atoms with van der Waals surface area (Å²) in [7, 11) is 0. The summed E-state index contributed by atoms with van der Waals surface area (Å²) in [4.78, 5) is 63.2.